The van der Waals surface area contributed by atoms with E-state index in [9.17, 15) is 13.6 Å². The molecule has 5 nitrogen and oxygen atoms in total. The molecular weight excluding hydrogens is 342 g/mol. The van der Waals surface area contributed by atoms with E-state index in [0.29, 0.717) is 33.5 Å². The minimum absolute atomic E-state index is 0.152. The van der Waals surface area contributed by atoms with Gasteiger partial charge in [0.25, 0.3) is 5.76 Å². The summed E-state index contributed by atoms with van der Waals surface area (Å²) in [7, 11) is 0. The third-order valence-electron chi connectivity index (χ3n) is 3.19. The standard InChI is InChI=1S/C14H14F2N4OS2/c15-13(16)23-11-4-2-1-3-10(11)18-12(21)7-22-14-19-17-8-20(14)9-5-6-9/h1-4,8-9,13H,5-7H2,(H,18,21). The van der Waals surface area contributed by atoms with Crippen molar-refractivity contribution in [3.63, 3.8) is 0 Å². The molecule has 1 aliphatic carbocycles. The second kappa shape index (κ2) is 7.31. The van der Waals surface area contributed by atoms with E-state index in [0.717, 1.165) is 12.8 Å². The molecule has 0 bridgehead atoms. The van der Waals surface area contributed by atoms with Crippen molar-refractivity contribution in [3.05, 3.63) is 30.6 Å². The zero-order valence-corrected chi connectivity index (χ0v) is 13.6. The third-order valence-corrected chi connectivity index (χ3v) is 4.94. The van der Waals surface area contributed by atoms with Crippen LogP contribution in [0.4, 0.5) is 14.5 Å². The summed E-state index contributed by atoms with van der Waals surface area (Å²) in [6, 6.07) is 6.97. The number of aromatic nitrogens is 3. The number of amides is 1. The fourth-order valence-corrected chi connectivity index (χ4v) is 3.40. The van der Waals surface area contributed by atoms with Crippen LogP contribution < -0.4 is 5.32 Å². The predicted octanol–water partition coefficient (Wildman–Crippen LogP) is 3.66. The molecule has 1 N–H and O–H groups in total. The van der Waals surface area contributed by atoms with Crippen LogP contribution in [-0.4, -0.2) is 32.2 Å². The molecule has 0 atom stereocenters. The lowest BCUT2D eigenvalue weighted by Gasteiger charge is -2.10. The van der Waals surface area contributed by atoms with Gasteiger partial charge < -0.3 is 9.88 Å². The van der Waals surface area contributed by atoms with Crippen molar-refractivity contribution in [1.82, 2.24) is 14.8 Å². The zero-order valence-electron chi connectivity index (χ0n) is 12.0. The second-order valence-corrected chi connectivity index (χ2v) is 6.94. The average Bonchev–Trinajstić information content (AvgIpc) is 3.25. The van der Waals surface area contributed by atoms with Gasteiger partial charge in [0.1, 0.15) is 6.33 Å². The summed E-state index contributed by atoms with van der Waals surface area (Å²) in [4.78, 5) is 12.4. The highest BCUT2D eigenvalue weighted by atomic mass is 32.2. The fraction of sp³-hybridized carbons (Fsp3) is 0.357. The molecule has 0 aliphatic heterocycles. The molecule has 122 valence electrons. The summed E-state index contributed by atoms with van der Waals surface area (Å²) < 4.78 is 27.0. The summed E-state index contributed by atoms with van der Waals surface area (Å²) in [5, 5.41) is 11.2. The largest absolute Gasteiger partial charge is 0.324 e. The Balaban J connectivity index is 1.58. The number of nitrogens with one attached hydrogen (secondary N) is 1. The Morgan fingerprint density at radius 2 is 2.17 bits per heavy atom. The molecule has 1 aromatic heterocycles. The Morgan fingerprint density at radius 3 is 2.91 bits per heavy atom. The number of nitrogens with zero attached hydrogens (tertiary/aromatic N) is 3. The maximum absolute atomic E-state index is 12.5. The fourth-order valence-electron chi connectivity index (χ4n) is 2.02. The topological polar surface area (TPSA) is 59.8 Å². The molecular formula is C14H14F2N4OS2. The first-order valence-electron chi connectivity index (χ1n) is 6.99. The molecule has 1 aromatic carbocycles. The normalized spacial score (nSPS) is 14.2. The number of alkyl halides is 2. The van der Waals surface area contributed by atoms with E-state index in [2.05, 4.69) is 15.5 Å². The number of rotatable bonds is 7. The smallest absolute Gasteiger partial charge is 0.288 e. The lowest BCUT2D eigenvalue weighted by Crippen LogP contribution is -2.15. The summed E-state index contributed by atoms with van der Waals surface area (Å²) in [5.41, 5.74) is 0.395. The minimum atomic E-state index is -2.53. The molecule has 0 spiro atoms. The van der Waals surface area contributed by atoms with Crippen molar-refractivity contribution < 1.29 is 13.6 Å². The number of para-hydroxylation sites is 1. The van der Waals surface area contributed by atoms with E-state index in [1.807, 2.05) is 4.57 Å². The van der Waals surface area contributed by atoms with Gasteiger partial charge in [-0.2, -0.15) is 8.78 Å². The molecule has 9 heteroatoms. The van der Waals surface area contributed by atoms with E-state index >= 15 is 0 Å². The van der Waals surface area contributed by atoms with E-state index in [1.165, 1.54) is 11.8 Å². The molecule has 0 radical (unpaired) electrons. The molecule has 1 aliphatic rings. The number of thioether (sulfide) groups is 2. The quantitative estimate of drug-likeness (QED) is 0.767. The second-order valence-electron chi connectivity index (χ2n) is 4.96. The monoisotopic (exact) mass is 356 g/mol. The Kier molecular flexibility index (Phi) is 5.16. The third kappa shape index (κ3) is 4.44. The van der Waals surface area contributed by atoms with Gasteiger partial charge in [-0.3, -0.25) is 4.79 Å². The Morgan fingerprint density at radius 1 is 1.39 bits per heavy atom. The number of halogens is 2. The number of benzene rings is 1. The predicted molar refractivity (Wildman–Crippen MR) is 85.9 cm³/mol. The van der Waals surface area contributed by atoms with Crippen LogP contribution in [0.5, 0.6) is 0 Å². The van der Waals surface area contributed by atoms with Gasteiger partial charge in [-0.05, 0) is 25.0 Å². The first-order chi connectivity index (χ1) is 11.1. The van der Waals surface area contributed by atoms with Gasteiger partial charge >= 0.3 is 0 Å². The number of hydrogen-bond acceptors (Lipinski definition) is 5. The highest BCUT2D eigenvalue weighted by Gasteiger charge is 2.26. The van der Waals surface area contributed by atoms with E-state index < -0.39 is 5.76 Å². The average molecular weight is 356 g/mol. The molecule has 1 fully saturated rings. The van der Waals surface area contributed by atoms with Gasteiger partial charge in [0, 0.05) is 10.9 Å². The van der Waals surface area contributed by atoms with Crippen molar-refractivity contribution in [1.29, 1.82) is 0 Å². The molecule has 2 aromatic rings. The highest BCUT2D eigenvalue weighted by Crippen LogP contribution is 2.37. The molecule has 1 amide bonds. The van der Waals surface area contributed by atoms with Crippen molar-refractivity contribution >= 4 is 35.1 Å². The van der Waals surface area contributed by atoms with Gasteiger partial charge in [-0.25, -0.2) is 0 Å². The number of carbonyl (C=O) groups is 1. The first-order valence-corrected chi connectivity index (χ1v) is 8.86. The van der Waals surface area contributed by atoms with Crippen molar-refractivity contribution in [2.75, 3.05) is 11.1 Å². The van der Waals surface area contributed by atoms with Crippen LogP contribution in [0.1, 0.15) is 18.9 Å². The molecule has 1 saturated carbocycles. The number of carbonyl (C=O) groups excluding carboxylic acids is 1. The van der Waals surface area contributed by atoms with Crippen LogP contribution in [0.25, 0.3) is 0 Å². The van der Waals surface area contributed by atoms with Crippen molar-refractivity contribution in [3.8, 4) is 0 Å². The van der Waals surface area contributed by atoms with Crippen LogP contribution in [0.3, 0.4) is 0 Å². The van der Waals surface area contributed by atoms with E-state index in [-0.39, 0.29) is 11.7 Å². The zero-order chi connectivity index (χ0) is 16.2. The summed E-state index contributed by atoms with van der Waals surface area (Å²) in [6.45, 7) is 0. The molecule has 1 heterocycles. The summed E-state index contributed by atoms with van der Waals surface area (Å²) in [5.74, 6) is -2.64. The Labute approximate surface area is 140 Å². The highest BCUT2D eigenvalue weighted by molar-refractivity contribution is 8.00. The van der Waals surface area contributed by atoms with Crippen LogP contribution >= 0.6 is 23.5 Å². The minimum Gasteiger partial charge on any atom is -0.324 e. The number of hydrogen-bond donors (Lipinski definition) is 1. The summed E-state index contributed by atoms with van der Waals surface area (Å²) >= 11 is 1.71. The molecule has 3 rings (SSSR count). The van der Waals surface area contributed by atoms with Crippen LogP contribution in [0.15, 0.2) is 40.6 Å². The maximum atomic E-state index is 12.5. The number of anilines is 1. The molecule has 0 unspecified atom stereocenters. The van der Waals surface area contributed by atoms with Gasteiger partial charge in [0.15, 0.2) is 5.16 Å². The molecule has 23 heavy (non-hydrogen) atoms. The molecule has 0 saturated heterocycles. The van der Waals surface area contributed by atoms with Crippen LogP contribution in [-0.2, 0) is 4.79 Å². The van der Waals surface area contributed by atoms with Gasteiger partial charge in [-0.15, -0.1) is 10.2 Å². The van der Waals surface area contributed by atoms with Crippen LogP contribution in [0, 0.1) is 0 Å². The van der Waals surface area contributed by atoms with Crippen molar-refractivity contribution in [2.45, 2.75) is 34.7 Å². The van der Waals surface area contributed by atoms with E-state index in [4.69, 9.17) is 0 Å². The summed E-state index contributed by atoms with van der Waals surface area (Å²) in [6.07, 6.45) is 3.89. The van der Waals surface area contributed by atoms with Crippen molar-refractivity contribution in [2.24, 2.45) is 0 Å². The lowest BCUT2D eigenvalue weighted by molar-refractivity contribution is -0.113. The van der Waals surface area contributed by atoms with Gasteiger partial charge in [0.2, 0.25) is 5.91 Å². The maximum Gasteiger partial charge on any atom is 0.288 e. The van der Waals surface area contributed by atoms with E-state index in [1.54, 1.807) is 30.6 Å². The Hall–Kier alpha value is -1.61. The first kappa shape index (κ1) is 16.3. The SMILES string of the molecule is O=C(CSc1nncn1C1CC1)Nc1ccccc1SC(F)F. The Bertz CT molecular complexity index is 691. The lowest BCUT2D eigenvalue weighted by atomic mass is 10.3. The van der Waals surface area contributed by atoms with Gasteiger partial charge in [-0.1, -0.05) is 35.7 Å². The van der Waals surface area contributed by atoms with Crippen LogP contribution in [0.2, 0.25) is 0 Å². The van der Waals surface area contributed by atoms with Gasteiger partial charge in [0.05, 0.1) is 11.4 Å².